The number of rotatable bonds is 4. The van der Waals surface area contributed by atoms with E-state index in [1.807, 2.05) is 6.92 Å². The van der Waals surface area contributed by atoms with Crippen molar-refractivity contribution in [2.75, 3.05) is 6.54 Å². The van der Waals surface area contributed by atoms with E-state index in [1.165, 1.54) is 12.4 Å². The molecule has 2 aromatic rings. The Kier molecular flexibility index (Phi) is 4.38. The van der Waals surface area contributed by atoms with E-state index >= 15 is 0 Å². The molecule has 0 aliphatic heterocycles. The summed E-state index contributed by atoms with van der Waals surface area (Å²) in [6, 6.07) is 6.42. The van der Waals surface area contributed by atoms with Crippen molar-refractivity contribution in [2.45, 2.75) is 13.0 Å². The van der Waals surface area contributed by atoms with Gasteiger partial charge in [-0.25, -0.2) is 14.4 Å². The van der Waals surface area contributed by atoms with Crippen LogP contribution in [0.4, 0.5) is 4.39 Å². The van der Waals surface area contributed by atoms with Gasteiger partial charge in [-0.3, -0.25) is 0 Å². The summed E-state index contributed by atoms with van der Waals surface area (Å²) < 4.78 is 14.8. The van der Waals surface area contributed by atoms with Crippen LogP contribution >= 0.6 is 15.9 Å². The SMILES string of the molecule is CCNC(c1ccncn1)c1cc(Br)ccc1F. The van der Waals surface area contributed by atoms with Crippen LogP contribution in [-0.4, -0.2) is 16.5 Å². The summed E-state index contributed by atoms with van der Waals surface area (Å²) in [5.74, 6) is -0.247. The highest BCUT2D eigenvalue weighted by atomic mass is 79.9. The molecule has 1 heterocycles. The van der Waals surface area contributed by atoms with Gasteiger partial charge in [-0.1, -0.05) is 22.9 Å². The lowest BCUT2D eigenvalue weighted by atomic mass is 10.0. The lowest BCUT2D eigenvalue weighted by molar-refractivity contribution is 0.551. The molecule has 94 valence electrons. The van der Waals surface area contributed by atoms with E-state index in [0.29, 0.717) is 5.56 Å². The molecule has 0 radical (unpaired) electrons. The van der Waals surface area contributed by atoms with Gasteiger partial charge in [-0.05, 0) is 30.8 Å². The van der Waals surface area contributed by atoms with Crippen molar-refractivity contribution in [2.24, 2.45) is 0 Å². The first kappa shape index (κ1) is 13.1. The lowest BCUT2D eigenvalue weighted by Crippen LogP contribution is -2.24. The fraction of sp³-hybridized carbons (Fsp3) is 0.231. The van der Waals surface area contributed by atoms with Gasteiger partial charge in [-0.2, -0.15) is 0 Å². The molecule has 1 N–H and O–H groups in total. The van der Waals surface area contributed by atoms with Crippen molar-refractivity contribution in [3.63, 3.8) is 0 Å². The number of hydrogen-bond donors (Lipinski definition) is 1. The van der Waals surface area contributed by atoms with Crippen LogP contribution < -0.4 is 5.32 Å². The second-order valence-corrected chi connectivity index (χ2v) is 4.71. The second kappa shape index (κ2) is 6.02. The first-order chi connectivity index (χ1) is 8.72. The van der Waals surface area contributed by atoms with Crippen molar-refractivity contribution < 1.29 is 4.39 Å². The molecule has 1 aromatic heterocycles. The summed E-state index contributed by atoms with van der Waals surface area (Å²) in [5.41, 5.74) is 1.33. The minimum Gasteiger partial charge on any atom is -0.305 e. The minimum atomic E-state index is -0.268. The van der Waals surface area contributed by atoms with E-state index in [0.717, 1.165) is 16.7 Å². The molecule has 0 saturated carbocycles. The van der Waals surface area contributed by atoms with Gasteiger partial charge in [0, 0.05) is 16.2 Å². The zero-order chi connectivity index (χ0) is 13.0. The minimum absolute atomic E-state index is 0.247. The molecule has 0 aliphatic carbocycles. The summed E-state index contributed by atoms with van der Waals surface area (Å²) in [6.07, 6.45) is 3.12. The van der Waals surface area contributed by atoms with E-state index in [-0.39, 0.29) is 11.9 Å². The Labute approximate surface area is 114 Å². The predicted molar refractivity (Wildman–Crippen MR) is 71.7 cm³/mol. The van der Waals surface area contributed by atoms with Gasteiger partial charge in [0.15, 0.2) is 0 Å². The van der Waals surface area contributed by atoms with Gasteiger partial charge >= 0.3 is 0 Å². The number of hydrogen-bond acceptors (Lipinski definition) is 3. The van der Waals surface area contributed by atoms with Gasteiger partial charge in [0.2, 0.25) is 0 Å². The van der Waals surface area contributed by atoms with Crippen molar-refractivity contribution in [1.82, 2.24) is 15.3 Å². The monoisotopic (exact) mass is 309 g/mol. The number of nitrogens with one attached hydrogen (secondary N) is 1. The molecule has 0 saturated heterocycles. The van der Waals surface area contributed by atoms with Gasteiger partial charge in [0.25, 0.3) is 0 Å². The Hall–Kier alpha value is -1.33. The molecule has 0 spiro atoms. The second-order valence-electron chi connectivity index (χ2n) is 3.79. The third-order valence-electron chi connectivity index (χ3n) is 2.58. The van der Waals surface area contributed by atoms with Crippen molar-refractivity contribution in [3.8, 4) is 0 Å². The van der Waals surface area contributed by atoms with Crippen molar-refractivity contribution >= 4 is 15.9 Å². The zero-order valence-corrected chi connectivity index (χ0v) is 11.5. The van der Waals surface area contributed by atoms with Crippen molar-refractivity contribution in [1.29, 1.82) is 0 Å². The molecule has 1 unspecified atom stereocenters. The van der Waals surface area contributed by atoms with E-state index < -0.39 is 0 Å². The number of benzene rings is 1. The van der Waals surface area contributed by atoms with Gasteiger partial charge in [-0.15, -0.1) is 0 Å². The Balaban J connectivity index is 2.44. The Bertz CT molecular complexity index is 519. The van der Waals surface area contributed by atoms with Gasteiger partial charge in [0.05, 0.1) is 11.7 Å². The topological polar surface area (TPSA) is 37.8 Å². The van der Waals surface area contributed by atoms with Crippen LogP contribution in [0, 0.1) is 5.82 Å². The third kappa shape index (κ3) is 2.91. The molecule has 1 aromatic carbocycles. The molecule has 5 heteroatoms. The van der Waals surface area contributed by atoms with Crippen LogP contribution in [0.15, 0.2) is 41.3 Å². The van der Waals surface area contributed by atoms with Crippen LogP contribution in [0.5, 0.6) is 0 Å². The van der Waals surface area contributed by atoms with Gasteiger partial charge in [0.1, 0.15) is 12.1 Å². The molecule has 0 bridgehead atoms. The summed E-state index contributed by atoms with van der Waals surface area (Å²) in [5, 5.41) is 3.23. The largest absolute Gasteiger partial charge is 0.305 e. The van der Waals surface area contributed by atoms with Crippen LogP contribution in [0.25, 0.3) is 0 Å². The van der Waals surface area contributed by atoms with Crippen LogP contribution in [0.1, 0.15) is 24.2 Å². The summed E-state index contributed by atoms with van der Waals surface area (Å²) in [6.45, 7) is 2.70. The highest BCUT2D eigenvalue weighted by molar-refractivity contribution is 9.10. The van der Waals surface area contributed by atoms with Gasteiger partial charge < -0.3 is 5.32 Å². The average Bonchev–Trinajstić information content (AvgIpc) is 2.40. The number of halogens is 2. The maximum Gasteiger partial charge on any atom is 0.128 e. The van der Waals surface area contributed by atoms with E-state index in [9.17, 15) is 4.39 Å². The molecule has 2 rings (SSSR count). The Morgan fingerprint density at radius 2 is 2.22 bits per heavy atom. The fourth-order valence-electron chi connectivity index (χ4n) is 1.79. The molecule has 3 nitrogen and oxygen atoms in total. The van der Waals surface area contributed by atoms with Crippen LogP contribution in [-0.2, 0) is 0 Å². The molecular formula is C13H13BrFN3. The highest BCUT2D eigenvalue weighted by Crippen LogP contribution is 2.25. The zero-order valence-electron chi connectivity index (χ0n) is 9.90. The first-order valence-corrected chi connectivity index (χ1v) is 6.46. The summed E-state index contributed by atoms with van der Waals surface area (Å²) in [4.78, 5) is 8.07. The third-order valence-corrected chi connectivity index (χ3v) is 3.07. The normalized spacial score (nSPS) is 12.4. The fourth-order valence-corrected chi connectivity index (χ4v) is 2.16. The Morgan fingerprint density at radius 1 is 1.39 bits per heavy atom. The first-order valence-electron chi connectivity index (χ1n) is 5.66. The lowest BCUT2D eigenvalue weighted by Gasteiger charge is -2.18. The standard InChI is InChI=1S/C13H13BrFN3/c1-2-17-13(12-5-6-16-8-18-12)10-7-9(14)3-4-11(10)15/h3-8,13,17H,2H2,1H3. The maximum atomic E-state index is 13.9. The average molecular weight is 310 g/mol. The molecular weight excluding hydrogens is 297 g/mol. The van der Waals surface area contributed by atoms with E-state index in [4.69, 9.17) is 0 Å². The smallest absolute Gasteiger partial charge is 0.128 e. The molecule has 0 fully saturated rings. The summed E-state index contributed by atoms with van der Waals surface area (Å²) in [7, 11) is 0. The van der Waals surface area contributed by atoms with Crippen LogP contribution in [0.3, 0.4) is 0 Å². The number of aromatic nitrogens is 2. The highest BCUT2D eigenvalue weighted by Gasteiger charge is 2.18. The van der Waals surface area contributed by atoms with E-state index in [2.05, 4.69) is 31.2 Å². The molecule has 1 atom stereocenters. The number of nitrogens with zero attached hydrogens (tertiary/aromatic N) is 2. The van der Waals surface area contributed by atoms with Crippen LogP contribution in [0.2, 0.25) is 0 Å². The predicted octanol–water partition coefficient (Wildman–Crippen LogP) is 3.08. The maximum absolute atomic E-state index is 13.9. The molecule has 0 amide bonds. The summed E-state index contributed by atoms with van der Waals surface area (Å²) >= 11 is 3.36. The van der Waals surface area contributed by atoms with E-state index in [1.54, 1.807) is 24.4 Å². The van der Waals surface area contributed by atoms with Crippen molar-refractivity contribution in [3.05, 3.63) is 58.3 Å². The quantitative estimate of drug-likeness (QED) is 0.943. The molecule has 0 aliphatic rings. The Morgan fingerprint density at radius 3 is 2.89 bits per heavy atom. The molecule has 18 heavy (non-hydrogen) atoms.